The Morgan fingerprint density at radius 1 is 1.31 bits per heavy atom. The predicted octanol–water partition coefficient (Wildman–Crippen LogP) is 3.46. The van der Waals surface area contributed by atoms with Crippen LogP contribution in [0.1, 0.15) is 16.8 Å². The van der Waals surface area contributed by atoms with E-state index in [9.17, 15) is 0 Å². The second-order valence-electron chi connectivity index (χ2n) is 6.17. The van der Waals surface area contributed by atoms with Crippen molar-refractivity contribution in [2.75, 3.05) is 12.4 Å². The minimum absolute atomic E-state index is 0.561. The van der Waals surface area contributed by atoms with Crippen LogP contribution in [0.2, 0.25) is 5.02 Å². The number of rotatable bonds is 5. The Kier molecular flexibility index (Phi) is 5.58. The number of nitrogens with one attached hydrogen (secondary N) is 1. The number of hydrogen-bond acceptors (Lipinski definition) is 3. The molecule has 0 aliphatic carbocycles. The van der Waals surface area contributed by atoms with E-state index in [1.807, 2.05) is 48.1 Å². The molecular weight excluding hydrogens is 368 g/mol. The molecule has 2 aromatic heterocycles. The van der Waals surface area contributed by atoms with Crippen LogP contribution in [-0.4, -0.2) is 36.6 Å². The Balaban J connectivity index is 1.61. The lowest BCUT2D eigenvalue weighted by molar-refractivity contribution is 0.482. The van der Waals surface area contributed by atoms with Crippen molar-refractivity contribution in [3.8, 4) is 0 Å². The molecule has 2 heterocycles. The monoisotopic (exact) mass is 388 g/mol. The molecule has 0 saturated carbocycles. The summed E-state index contributed by atoms with van der Waals surface area (Å²) in [6, 6.07) is 10.2. The summed E-state index contributed by atoms with van der Waals surface area (Å²) in [4.78, 5) is 1.90. The van der Waals surface area contributed by atoms with Crippen LogP contribution in [0, 0.1) is 6.92 Å². The van der Waals surface area contributed by atoms with Crippen molar-refractivity contribution in [2.45, 2.75) is 20.0 Å². The van der Waals surface area contributed by atoms with E-state index >= 15 is 0 Å². The second-order valence-corrected chi connectivity index (χ2v) is 6.97. The Labute approximate surface area is 163 Å². The van der Waals surface area contributed by atoms with E-state index < -0.39 is 0 Å². The highest BCUT2D eigenvalue weighted by atomic mass is 35.5. The van der Waals surface area contributed by atoms with Crippen LogP contribution in [-0.2, 0) is 20.1 Å². The lowest BCUT2D eigenvalue weighted by Gasteiger charge is -2.20. The van der Waals surface area contributed by atoms with Crippen LogP contribution in [0.15, 0.2) is 42.7 Å². The molecule has 26 heavy (non-hydrogen) atoms. The first-order chi connectivity index (χ1) is 12.4. The quantitative estimate of drug-likeness (QED) is 0.678. The van der Waals surface area contributed by atoms with E-state index in [4.69, 9.17) is 23.8 Å². The van der Waals surface area contributed by atoms with Gasteiger partial charge in [-0.25, -0.2) is 0 Å². The summed E-state index contributed by atoms with van der Waals surface area (Å²) in [5.74, 6) is 0.714. The molecule has 1 aromatic carbocycles. The first kappa shape index (κ1) is 18.4. The lowest BCUT2D eigenvalue weighted by atomic mass is 10.1. The average molecular weight is 389 g/mol. The van der Waals surface area contributed by atoms with Gasteiger partial charge in [0, 0.05) is 26.4 Å². The number of benzene rings is 1. The molecule has 8 heteroatoms. The second kappa shape index (κ2) is 7.88. The molecule has 3 aromatic rings. The highest BCUT2D eigenvalue weighted by Crippen LogP contribution is 2.16. The summed E-state index contributed by atoms with van der Waals surface area (Å²) in [6.45, 7) is 3.39. The average Bonchev–Trinajstić information content (AvgIpc) is 3.18. The predicted molar refractivity (Wildman–Crippen MR) is 108 cm³/mol. The van der Waals surface area contributed by atoms with Crippen LogP contribution in [0.25, 0.3) is 0 Å². The summed E-state index contributed by atoms with van der Waals surface area (Å²) < 4.78 is 3.64. The van der Waals surface area contributed by atoms with Gasteiger partial charge in [-0.05, 0) is 30.3 Å². The van der Waals surface area contributed by atoms with Crippen molar-refractivity contribution < 1.29 is 0 Å². The molecule has 3 rings (SSSR count). The largest absolute Gasteiger partial charge is 0.346 e. The van der Waals surface area contributed by atoms with E-state index in [1.165, 1.54) is 11.1 Å². The molecule has 1 N–H and O–H groups in total. The smallest absolute Gasteiger partial charge is 0.174 e. The summed E-state index contributed by atoms with van der Waals surface area (Å²) >= 11 is 11.6. The zero-order valence-electron chi connectivity index (χ0n) is 15.0. The normalized spacial score (nSPS) is 10.8. The highest BCUT2D eigenvalue weighted by Gasteiger charge is 2.13. The van der Waals surface area contributed by atoms with Crippen LogP contribution >= 0.6 is 23.8 Å². The third kappa shape index (κ3) is 4.23. The molecule has 0 aliphatic rings. The van der Waals surface area contributed by atoms with Gasteiger partial charge in [-0.1, -0.05) is 35.9 Å². The van der Waals surface area contributed by atoms with Gasteiger partial charge in [0.05, 0.1) is 30.0 Å². The van der Waals surface area contributed by atoms with Crippen molar-refractivity contribution in [1.82, 2.24) is 24.5 Å². The first-order valence-electron chi connectivity index (χ1n) is 8.20. The maximum Gasteiger partial charge on any atom is 0.174 e. The number of nitrogens with zero attached hydrogens (tertiary/aromatic N) is 5. The first-order valence-corrected chi connectivity index (χ1v) is 8.99. The fraction of sp³-hybridized carbons (Fsp3) is 0.278. The molecule has 6 nitrogen and oxygen atoms in total. The molecule has 0 radical (unpaired) electrons. The Morgan fingerprint density at radius 2 is 2.08 bits per heavy atom. The Morgan fingerprint density at radius 3 is 2.77 bits per heavy atom. The lowest BCUT2D eigenvalue weighted by Crippen LogP contribution is -2.31. The molecule has 0 spiro atoms. The number of hydrogen-bond donors (Lipinski definition) is 1. The molecule has 0 amide bonds. The van der Waals surface area contributed by atoms with Gasteiger partial charge in [0.25, 0.3) is 0 Å². The molecule has 136 valence electrons. The van der Waals surface area contributed by atoms with Gasteiger partial charge >= 0.3 is 0 Å². The third-order valence-electron chi connectivity index (χ3n) is 4.21. The number of anilines is 1. The van der Waals surface area contributed by atoms with Gasteiger partial charge in [0.15, 0.2) is 10.9 Å². The van der Waals surface area contributed by atoms with Crippen LogP contribution in [0.5, 0.6) is 0 Å². The fourth-order valence-corrected chi connectivity index (χ4v) is 2.99. The SMILES string of the molecule is Cc1ccccc1Cn1ccc(NC(=S)N(C)Cc2c(Cl)cnn2C)n1. The van der Waals surface area contributed by atoms with Gasteiger partial charge < -0.3 is 10.2 Å². The summed E-state index contributed by atoms with van der Waals surface area (Å²) in [5, 5.41) is 13.1. The minimum atomic E-state index is 0.561. The van der Waals surface area contributed by atoms with Crippen molar-refractivity contribution in [3.05, 3.63) is 64.6 Å². The van der Waals surface area contributed by atoms with Crippen molar-refractivity contribution in [1.29, 1.82) is 0 Å². The summed E-state index contributed by atoms with van der Waals surface area (Å²) in [6.07, 6.45) is 3.57. The Bertz CT molecular complexity index is 897. The third-order valence-corrected chi connectivity index (χ3v) is 4.94. The maximum absolute atomic E-state index is 6.16. The number of halogens is 1. The number of aromatic nitrogens is 4. The van der Waals surface area contributed by atoms with Crippen molar-refractivity contribution in [3.63, 3.8) is 0 Å². The molecule has 0 fully saturated rings. The number of aryl methyl sites for hydroxylation is 2. The van der Waals surface area contributed by atoms with Gasteiger partial charge in [-0.3, -0.25) is 9.36 Å². The number of thiocarbonyl (C=S) groups is 1. The van der Waals surface area contributed by atoms with E-state index in [1.54, 1.807) is 10.9 Å². The fourth-order valence-electron chi connectivity index (χ4n) is 2.59. The molecule has 0 bridgehead atoms. The molecule has 0 saturated heterocycles. The molecule has 0 atom stereocenters. The van der Waals surface area contributed by atoms with E-state index in [0.717, 1.165) is 12.2 Å². The zero-order valence-corrected chi connectivity index (χ0v) is 16.6. The minimum Gasteiger partial charge on any atom is -0.346 e. The van der Waals surface area contributed by atoms with Crippen LogP contribution in [0.3, 0.4) is 0 Å². The molecular formula is C18H21ClN6S. The molecule has 0 aliphatic heterocycles. The van der Waals surface area contributed by atoms with Gasteiger partial charge in [-0.15, -0.1) is 0 Å². The zero-order chi connectivity index (χ0) is 18.7. The maximum atomic E-state index is 6.16. The topological polar surface area (TPSA) is 50.9 Å². The standard InChI is InChI=1S/C18H21ClN6S/c1-13-6-4-5-7-14(13)11-25-9-8-17(22-25)21-18(26)23(2)12-16-15(19)10-20-24(16)3/h4-10H,11-12H2,1-3H3,(H,21,22,26). The summed E-state index contributed by atoms with van der Waals surface area (Å²) in [5.41, 5.74) is 3.40. The molecule has 0 unspecified atom stereocenters. The van der Waals surface area contributed by atoms with Crippen LogP contribution in [0.4, 0.5) is 5.82 Å². The van der Waals surface area contributed by atoms with Crippen molar-refractivity contribution in [2.24, 2.45) is 7.05 Å². The van der Waals surface area contributed by atoms with Crippen LogP contribution < -0.4 is 5.32 Å². The highest BCUT2D eigenvalue weighted by molar-refractivity contribution is 7.80. The van der Waals surface area contributed by atoms with Crippen molar-refractivity contribution >= 4 is 34.7 Å². The Hall–Kier alpha value is -2.38. The summed E-state index contributed by atoms with van der Waals surface area (Å²) in [7, 11) is 3.77. The van der Waals surface area contributed by atoms with E-state index in [2.05, 4.69) is 34.6 Å². The van der Waals surface area contributed by atoms with E-state index in [-0.39, 0.29) is 0 Å². The van der Waals surface area contributed by atoms with Gasteiger partial charge in [-0.2, -0.15) is 10.2 Å². The van der Waals surface area contributed by atoms with Gasteiger partial charge in [0.2, 0.25) is 0 Å². The van der Waals surface area contributed by atoms with E-state index in [0.29, 0.717) is 22.5 Å². The van der Waals surface area contributed by atoms with Gasteiger partial charge in [0.1, 0.15) is 0 Å².